The summed E-state index contributed by atoms with van der Waals surface area (Å²) in [5.74, 6) is 1.55. The highest BCUT2D eigenvalue weighted by atomic mass is 16.5. The molecule has 2 aromatic rings. The Labute approximate surface area is 190 Å². The van der Waals surface area contributed by atoms with Gasteiger partial charge in [0.2, 0.25) is 5.91 Å². The number of ether oxygens (including phenoxy) is 2. The van der Waals surface area contributed by atoms with Gasteiger partial charge in [0.25, 0.3) is 0 Å². The fraction of sp³-hybridized carbons (Fsp3) is 0.444. The zero-order valence-corrected chi connectivity index (χ0v) is 19.0. The molecule has 0 aromatic heterocycles. The number of fused-ring (bicyclic) bond motifs is 1. The lowest BCUT2D eigenvalue weighted by Crippen LogP contribution is -2.56. The summed E-state index contributed by atoms with van der Waals surface area (Å²) >= 11 is 0. The zero-order valence-electron chi connectivity index (χ0n) is 19.0. The van der Waals surface area contributed by atoms with E-state index in [1.54, 1.807) is 13.2 Å². The zero-order chi connectivity index (χ0) is 22.6. The number of rotatable bonds is 6. The van der Waals surface area contributed by atoms with E-state index in [0.717, 1.165) is 48.3 Å². The maximum Gasteiger partial charge on any atom is 0.247 e. The first-order valence-electron chi connectivity index (χ1n) is 11.6. The maximum absolute atomic E-state index is 13.4. The number of benzene rings is 2. The number of aliphatic hydroxyl groups is 1. The summed E-state index contributed by atoms with van der Waals surface area (Å²) in [6, 6.07) is 15.4. The molecular formula is C27H33NO4. The number of amides is 1. The fourth-order valence-corrected chi connectivity index (χ4v) is 5.30. The van der Waals surface area contributed by atoms with Gasteiger partial charge in [-0.25, -0.2) is 0 Å². The molecule has 1 N–H and O–H groups in total. The Morgan fingerprint density at radius 1 is 1.16 bits per heavy atom. The first-order chi connectivity index (χ1) is 15.6. The van der Waals surface area contributed by atoms with E-state index in [-0.39, 0.29) is 17.9 Å². The fourth-order valence-electron chi connectivity index (χ4n) is 5.30. The van der Waals surface area contributed by atoms with Crippen LogP contribution in [-0.4, -0.2) is 41.8 Å². The molecule has 1 heterocycles. The molecule has 0 unspecified atom stereocenters. The molecule has 32 heavy (non-hydrogen) atoms. The van der Waals surface area contributed by atoms with Crippen molar-refractivity contribution in [2.75, 3.05) is 20.3 Å². The van der Waals surface area contributed by atoms with Gasteiger partial charge in [-0.2, -0.15) is 0 Å². The minimum absolute atomic E-state index is 0.00458. The van der Waals surface area contributed by atoms with E-state index in [1.165, 1.54) is 0 Å². The van der Waals surface area contributed by atoms with E-state index in [0.29, 0.717) is 19.6 Å². The molecule has 1 saturated heterocycles. The van der Waals surface area contributed by atoms with Crippen LogP contribution in [0.1, 0.15) is 56.2 Å². The van der Waals surface area contributed by atoms with Crippen molar-refractivity contribution in [3.8, 4) is 11.5 Å². The average Bonchev–Trinajstić information content (AvgIpc) is 2.82. The molecule has 0 radical (unpaired) electrons. The van der Waals surface area contributed by atoms with Crippen LogP contribution in [0.15, 0.2) is 54.6 Å². The van der Waals surface area contributed by atoms with Crippen LogP contribution < -0.4 is 9.47 Å². The Kier molecular flexibility index (Phi) is 6.85. The molecule has 0 bridgehead atoms. The van der Waals surface area contributed by atoms with E-state index in [9.17, 15) is 9.90 Å². The van der Waals surface area contributed by atoms with Crippen LogP contribution in [0.25, 0.3) is 6.08 Å². The lowest BCUT2D eigenvalue weighted by Gasteiger charge is -2.52. The van der Waals surface area contributed by atoms with Crippen LogP contribution in [-0.2, 0) is 4.79 Å². The van der Waals surface area contributed by atoms with Crippen LogP contribution in [0.2, 0.25) is 0 Å². The molecular weight excluding hydrogens is 402 g/mol. The van der Waals surface area contributed by atoms with Crippen molar-refractivity contribution < 1.29 is 19.4 Å². The number of methoxy groups -OCH3 is 1. The number of carbonyl (C=O) groups is 1. The molecule has 0 spiro atoms. The number of nitrogens with zero attached hydrogens (tertiary/aromatic N) is 1. The van der Waals surface area contributed by atoms with E-state index >= 15 is 0 Å². The SMILES string of the molecule is CCOc1ccccc1[C@@H]1[C@H]2CCCC[C@]2(O)CCN1C(=O)/C=C/c1ccc(OC)cc1. The molecule has 1 amide bonds. The minimum atomic E-state index is -0.723. The summed E-state index contributed by atoms with van der Waals surface area (Å²) < 4.78 is 11.1. The van der Waals surface area contributed by atoms with Gasteiger partial charge in [-0.3, -0.25) is 4.79 Å². The van der Waals surface area contributed by atoms with E-state index < -0.39 is 5.60 Å². The van der Waals surface area contributed by atoms with Crippen molar-refractivity contribution in [2.45, 2.75) is 50.7 Å². The van der Waals surface area contributed by atoms with Gasteiger partial charge in [0, 0.05) is 24.1 Å². The molecule has 2 fully saturated rings. The van der Waals surface area contributed by atoms with Crippen LogP contribution in [0.4, 0.5) is 0 Å². The average molecular weight is 436 g/mol. The summed E-state index contributed by atoms with van der Waals surface area (Å²) in [6.07, 6.45) is 7.93. The largest absolute Gasteiger partial charge is 0.497 e. The van der Waals surface area contributed by atoms with Gasteiger partial charge in [-0.15, -0.1) is 0 Å². The second-order valence-corrected chi connectivity index (χ2v) is 8.76. The van der Waals surface area contributed by atoms with Crippen LogP contribution in [0, 0.1) is 5.92 Å². The first-order valence-corrected chi connectivity index (χ1v) is 11.6. The number of carbonyl (C=O) groups excluding carboxylic acids is 1. The number of hydrogen-bond acceptors (Lipinski definition) is 4. The van der Waals surface area contributed by atoms with Gasteiger partial charge in [-0.05, 0) is 56.0 Å². The molecule has 5 nitrogen and oxygen atoms in total. The van der Waals surface area contributed by atoms with Gasteiger partial charge in [-0.1, -0.05) is 43.2 Å². The highest BCUT2D eigenvalue weighted by Gasteiger charge is 2.50. The van der Waals surface area contributed by atoms with Gasteiger partial charge in [0.05, 0.1) is 25.4 Å². The van der Waals surface area contributed by atoms with Crippen molar-refractivity contribution in [3.63, 3.8) is 0 Å². The predicted molar refractivity (Wildman–Crippen MR) is 126 cm³/mol. The van der Waals surface area contributed by atoms with Crippen molar-refractivity contribution in [3.05, 3.63) is 65.7 Å². The highest BCUT2D eigenvalue weighted by molar-refractivity contribution is 5.92. The summed E-state index contributed by atoms with van der Waals surface area (Å²) in [5.41, 5.74) is 1.21. The molecule has 170 valence electrons. The molecule has 1 saturated carbocycles. The summed E-state index contributed by atoms with van der Waals surface area (Å²) in [7, 11) is 1.64. The Balaban J connectivity index is 1.66. The van der Waals surface area contributed by atoms with Crippen LogP contribution in [0.5, 0.6) is 11.5 Å². The van der Waals surface area contributed by atoms with Gasteiger partial charge in [0.15, 0.2) is 0 Å². The number of piperidine rings is 1. The maximum atomic E-state index is 13.4. The molecule has 4 rings (SSSR count). The third kappa shape index (κ3) is 4.53. The van der Waals surface area contributed by atoms with E-state index in [4.69, 9.17) is 9.47 Å². The van der Waals surface area contributed by atoms with Crippen molar-refractivity contribution >= 4 is 12.0 Å². The lowest BCUT2D eigenvalue weighted by atomic mass is 9.66. The second kappa shape index (κ2) is 9.78. The normalized spacial score (nSPS) is 25.4. The highest BCUT2D eigenvalue weighted by Crippen LogP contribution is 2.50. The summed E-state index contributed by atoms with van der Waals surface area (Å²) in [4.78, 5) is 15.4. The second-order valence-electron chi connectivity index (χ2n) is 8.76. The molecule has 1 aliphatic carbocycles. The third-order valence-electron chi connectivity index (χ3n) is 6.92. The monoisotopic (exact) mass is 435 g/mol. The Morgan fingerprint density at radius 3 is 2.69 bits per heavy atom. The Bertz CT molecular complexity index is 954. The van der Waals surface area contributed by atoms with Gasteiger partial charge >= 0.3 is 0 Å². The molecule has 2 aromatic carbocycles. The van der Waals surface area contributed by atoms with E-state index in [2.05, 4.69) is 0 Å². The quantitative estimate of drug-likeness (QED) is 0.649. The number of para-hydroxylation sites is 1. The van der Waals surface area contributed by atoms with Gasteiger partial charge < -0.3 is 19.5 Å². The third-order valence-corrected chi connectivity index (χ3v) is 6.92. The van der Waals surface area contributed by atoms with Gasteiger partial charge in [0.1, 0.15) is 11.5 Å². The number of likely N-dealkylation sites (tertiary alicyclic amines) is 1. The van der Waals surface area contributed by atoms with E-state index in [1.807, 2.05) is 66.4 Å². The topological polar surface area (TPSA) is 59.0 Å². The summed E-state index contributed by atoms with van der Waals surface area (Å²) in [5, 5.41) is 11.5. The Morgan fingerprint density at radius 2 is 1.94 bits per heavy atom. The molecule has 2 aliphatic rings. The molecule has 5 heteroatoms. The van der Waals surface area contributed by atoms with Crippen LogP contribution in [0.3, 0.4) is 0 Å². The standard InChI is InChI=1S/C27H33NO4/c1-3-32-24-10-5-4-8-22(24)26-23-9-6-7-17-27(23,30)18-19-28(26)25(29)16-13-20-11-14-21(31-2)15-12-20/h4-5,8,10-16,23,26,30H,3,6-7,9,17-19H2,1-2H3/b16-13+/t23-,26-,27+/m1/s1. The smallest absolute Gasteiger partial charge is 0.247 e. The van der Waals surface area contributed by atoms with Crippen LogP contribution >= 0.6 is 0 Å². The molecule has 1 aliphatic heterocycles. The van der Waals surface area contributed by atoms with Crippen molar-refractivity contribution in [1.82, 2.24) is 4.90 Å². The molecule has 3 atom stereocenters. The summed E-state index contributed by atoms with van der Waals surface area (Å²) in [6.45, 7) is 3.06. The van der Waals surface area contributed by atoms with Crippen molar-refractivity contribution in [2.24, 2.45) is 5.92 Å². The Hall–Kier alpha value is -2.79. The van der Waals surface area contributed by atoms with Crippen molar-refractivity contribution in [1.29, 1.82) is 0 Å². The minimum Gasteiger partial charge on any atom is -0.497 e. The number of hydrogen-bond donors (Lipinski definition) is 1. The first kappa shape index (κ1) is 22.4. The predicted octanol–water partition coefficient (Wildman–Crippen LogP) is 5.00. The lowest BCUT2D eigenvalue weighted by molar-refractivity contribution is -0.151.